The van der Waals surface area contributed by atoms with Crippen LogP contribution in [-0.2, 0) is 4.79 Å². The fourth-order valence-electron chi connectivity index (χ4n) is 1.63. The van der Waals surface area contributed by atoms with Crippen LogP contribution in [0.5, 0.6) is 0 Å². The molecule has 0 aromatic heterocycles. The lowest BCUT2D eigenvalue weighted by Crippen LogP contribution is -2.43. The molecule has 1 aliphatic carbocycles. The highest BCUT2D eigenvalue weighted by molar-refractivity contribution is 9.09. The number of hydrogen-bond donors (Lipinski definition) is 1. The number of carbonyl (C=O) groups excluding carboxylic acids is 1. The fraction of sp³-hybridized carbons (Fsp3) is 0.889. The third-order valence-electron chi connectivity index (χ3n) is 2.30. The van der Waals surface area contributed by atoms with Gasteiger partial charge >= 0.3 is 0 Å². The van der Waals surface area contributed by atoms with Crippen molar-refractivity contribution in [2.75, 3.05) is 12.0 Å². The average molecular weight is 266 g/mol. The summed E-state index contributed by atoms with van der Waals surface area (Å²) in [5, 5.41) is 3.06. The van der Waals surface area contributed by atoms with Gasteiger partial charge in [-0.1, -0.05) is 28.8 Å². The second kappa shape index (κ2) is 5.91. The first-order valence-electron chi connectivity index (χ1n) is 4.66. The maximum absolute atomic E-state index is 11.3. The van der Waals surface area contributed by atoms with E-state index < -0.39 is 0 Å². The maximum atomic E-state index is 11.3. The molecular weight excluding hydrogens is 250 g/mol. The summed E-state index contributed by atoms with van der Waals surface area (Å²) in [5.41, 5.74) is 0. The van der Waals surface area contributed by atoms with Crippen LogP contribution in [-0.4, -0.2) is 28.8 Å². The highest BCUT2D eigenvalue weighted by Crippen LogP contribution is 2.24. The predicted octanol–water partition coefficient (Wildman–Crippen LogP) is 2.17. The van der Waals surface area contributed by atoms with Crippen molar-refractivity contribution in [2.24, 2.45) is 0 Å². The summed E-state index contributed by atoms with van der Waals surface area (Å²) in [6, 6.07) is 0.355. The van der Waals surface area contributed by atoms with Crippen LogP contribution in [0.2, 0.25) is 0 Å². The Morgan fingerprint density at radius 3 is 2.85 bits per heavy atom. The van der Waals surface area contributed by atoms with Crippen LogP contribution in [0.3, 0.4) is 0 Å². The zero-order valence-electron chi connectivity index (χ0n) is 7.88. The fourth-order valence-corrected chi connectivity index (χ4v) is 2.69. The van der Waals surface area contributed by atoms with Crippen molar-refractivity contribution < 1.29 is 4.79 Å². The summed E-state index contributed by atoms with van der Waals surface area (Å²) in [7, 11) is 0. The second-order valence-electron chi connectivity index (χ2n) is 3.41. The zero-order valence-corrected chi connectivity index (χ0v) is 10.3. The first-order valence-corrected chi connectivity index (χ1v) is 6.97. The molecule has 0 bridgehead atoms. The molecule has 2 nitrogen and oxygen atoms in total. The normalized spacial score (nSPS) is 28.5. The van der Waals surface area contributed by atoms with Crippen molar-refractivity contribution in [3.63, 3.8) is 0 Å². The Labute approximate surface area is 92.4 Å². The molecule has 1 N–H and O–H groups in total. The Bertz CT molecular complexity index is 177. The lowest BCUT2D eigenvalue weighted by Gasteiger charge is -2.28. The van der Waals surface area contributed by atoms with Crippen molar-refractivity contribution >= 4 is 33.6 Å². The quantitative estimate of drug-likeness (QED) is 0.793. The van der Waals surface area contributed by atoms with Gasteiger partial charge in [0.1, 0.15) is 0 Å². The molecule has 13 heavy (non-hydrogen) atoms. The molecule has 0 spiro atoms. The minimum Gasteiger partial charge on any atom is -0.352 e. The van der Waals surface area contributed by atoms with Crippen LogP contribution in [0.25, 0.3) is 0 Å². The summed E-state index contributed by atoms with van der Waals surface area (Å²) >= 11 is 5.18. The van der Waals surface area contributed by atoms with E-state index in [2.05, 4.69) is 21.2 Å². The number of amides is 1. The predicted molar refractivity (Wildman–Crippen MR) is 61.5 cm³/mol. The van der Waals surface area contributed by atoms with E-state index in [1.165, 1.54) is 19.3 Å². The number of alkyl halides is 1. The van der Waals surface area contributed by atoms with Gasteiger partial charge in [0.05, 0.1) is 5.75 Å². The van der Waals surface area contributed by atoms with Crippen LogP contribution >= 0.6 is 27.7 Å². The number of thioether (sulfide) groups is 1. The topological polar surface area (TPSA) is 29.1 Å². The highest BCUT2D eigenvalue weighted by Gasteiger charge is 2.23. The Hall–Kier alpha value is 0.300. The number of halogens is 1. The number of hydrogen-bond acceptors (Lipinski definition) is 2. The molecule has 1 fully saturated rings. The van der Waals surface area contributed by atoms with E-state index in [0.29, 0.717) is 16.6 Å². The van der Waals surface area contributed by atoms with Gasteiger partial charge in [-0.25, -0.2) is 0 Å². The van der Waals surface area contributed by atoms with Gasteiger partial charge in [-0.15, -0.1) is 0 Å². The molecule has 4 heteroatoms. The van der Waals surface area contributed by atoms with Crippen molar-refractivity contribution in [1.29, 1.82) is 0 Å². The van der Waals surface area contributed by atoms with E-state index in [4.69, 9.17) is 0 Å². The monoisotopic (exact) mass is 265 g/mol. The largest absolute Gasteiger partial charge is 0.352 e. The number of carbonyl (C=O) groups is 1. The summed E-state index contributed by atoms with van der Waals surface area (Å²) in [6.45, 7) is 0. The molecule has 1 rings (SSSR count). The van der Waals surface area contributed by atoms with E-state index in [-0.39, 0.29) is 5.91 Å². The molecular formula is C9H16BrNOS. The number of nitrogens with one attached hydrogen (secondary N) is 1. The Balaban J connectivity index is 2.29. The smallest absolute Gasteiger partial charge is 0.230 e. The second-order valence-corrected chi connectivity index (χ2v) is 5.45. The average Bonchev–Trinajstić information content (AvgIpc) is 2.09. The summed E-state index contributed by atoms with van der Waals surface area (Å²) < 4.78 is 0. The minimum absolute atomic E-state index is 0.170. The van der Waals surface area contributed by atoms with Gasteiger partial charge in [-0.2, -0.15) is 11.8 Å². The summed E-state index contributed by atoms with van der Waals surface area (Å²) in [6.07, 6.45) is 6.78. The third-order valence-corrected chi connectivity index (χ3v) is 3.95. The van der Waals surface area contributed by atoms with E-state index in [1.807, 2.05) is 6.26 Å². The Morgan fingerprint density at radius 1 is 1.54 bits per heavy atom. The molecule has 0 aliphatic heterocycles. The van der Waals surface area contributed by atoms with Crippen molar-refractivity contribution in [2.45, 2.75) is 36.6 Å². The molecule has 1 saturated carbocycles. The molecule has 2 unspecified atom stereocenters. The first-order chi connectivity index (χ1) is 6.24. The molecule has 0 saturated heterocycles. The van der Waals surface area contributed by atoms with Gasteiger partial charge in [0.2, 0.25) is 5.91 Å². The van der Waals surface area contributed by atoms with Crippen LogP contribution < -0.4 is 5.32 Å². The van der Waals surface area contributed by atoms with Gasteiger partial charge in [0, 0.05) is 10.9 Å². The van der Waals surface area contributed by atoms with Crippen LogP contribution in [0, 0.1) is 0 Å². The molecule has 76 valence electrons. The molecule has 0 aromatic carbocycles. The molecule has 0 aromatic rings. The SMILES string of the molecule is CSCC(=O)NC1CCCCC1Br. The highest BCUT2D eigenvalue weighted by atomic mass is 79.9. The number of rotatable bonds is 3. The standard InChI is InChI=1S/C9H16BrNOS/c1-13-6-9(12)11-8-5-3-2-4-7(8)10/h7-8H,2-6H2,1H3,(H,11,12). The first kappa shape index (κ1) is 11.4. The van der Waals surface area contributed by atoms with Gasteiger partial charge in [-0.3, -0.25) is 4.79 Å². The lowest BCUT2D eigenvalue weighted by atomic mass is 9.95. The van der Waals surface area contributed by atoms with Gasteiger partial charge in [0.25, 0.3) is 0 Å². The van der Waals surface area contributed by atoms with Crippen LogP contribution in [0.1, 0.15) is 25.7 Å². The Kier molecular flexibility index (Phi) is 5.17. The van der Waals surface area contributed by atoms with Crippen LogP contribution in [0.4, 0.5) is 0 Å². The summed E-state index contributed by atoms with van der Waals surface area (Å²) in [5.74, 6) is 0.750. The lowest BCUT2D eigenvalue weighted by molar-refractivity contribution is -0.119. The molecule has 0 radical (unpaired) electrons. The Morgan fingerprint density at radius 2 is 2.23 bits per heavy atom. The minimum atomic E-state index is 0.170. The van der Waals surface area contributed by atoms with E-state index in [9.17, 15) is 4.79 Å². The molecule has 1 aliphatic rings. The molecule has 0 heterocycles. The third kappa shape index (κ3) is 3.90. The van der Waals surface area contributed by atoms with E-state index in [1.54, 1.807) is 11.8 Å². The summed E-state index contributed by atoms with van der Waals surface area (Å²) in [4.78, 5) is 11.8. The van der Waals surface area contributed by atoms with Gasteiger partial charge < -0.3 is 5.32 Å². The molecule has 1 amide bonds. The molecule has 2 atom stereocenters. The van der Waals surface area contributed by atoms with Crippen molar-refractivity contribution in [3.8, 4) is 0 Å². The van der Waals surface area contributed by atoms with E-state index >= 15 is 0 Å². The van der Waals surface area contributed by atoms with E-state index in [0.717, 1.165) is 6.42 Å². The zero-order chi connectivity index (χ0) is 9.68. The van der Waals surface area contributed by atoms with Gasteiger partial charge in [0.15, 0.2) is 0 Å². The van der Waals surface area contributed by atoms with Crippen LogP contribution in [0.15, 0.2) is 0 Å². The van der Waals surface area contributed by atoms with Crippen molar-refractivity contribution in [3.05, 3.63) is 0 Å². The van der Waals surface area contributed by atoms with Crippen molar-refractivity contribution in [1.82, 2.24) is 5.32 Å². The van der Waals surface area contributed by atoms with Gasteiger partial charge in [-0.05, 0) is 19.1 Å². The maximum Gasteiger partial charge on any atom is 0.230 e.